The Morgan fingerprint density at radius 3 is 2.28 bits per heavy atom. The smallest absolute Gasteiger partial charge is 0.411 e. The van der Waals surface area contributed by atoms with E-state index in [-0.39, 0.29) is 13.0 Å². The fraction of sp³-hybridized carbons (Fsp3) is 0.818. The van der Waals surface area contributed by atoms with Gasteiger partial charge in [-0.05, 0) is 27.2 Å². The monoisotopic (exact) mass is 261 g/mol. The second kappa shape index (κ2) is 5.11. The number of ether oxygens (including phenoxy) is 1. The van der Waals surface area contributed by atoms with Crippen molar-refractivity contribution >= 4 is 12.1 Å². The molecule has 0 unspecified atom stereocenters. The third-order valence-electron chi connectivity index (χ3n) is 2.60. The van der Waals surface area contributed by atoms with Gasteiger partial charge in [0.1, 0.15) is 11.7 Å². The summed E-state index contributed by atoms with van der Waals surface area (Å²) in [6, 6.07) is -1.48. The van der Waals surface area contributed by atoms with Gasteiger partial charge in [0.2, 0.25) is 0 Å². The van der Waals surface area contributed by atoms with Crippen LogP contribution in [0.4, 0.5) is 4.79 Å². The molecule has 1 fully saturated rings. The summed E-state index contributed by atoms with van der Waals surface area (Å²) >= 11 is 0. The van der Waals surface area contributed by atoms with Crippen molar-refractivity contribution in [3.05, 3.63) is 0 Å². The molecule has 104 valence electrons. The predicted octanol–water partition coefficient (Wildman–Crippen LogP) is -0.198. The van der Waals surface area contributed by atoms with Crippen LogP contribution >= 0.6 is 0 Å². The molecule has 0 aromatic heterocycles. The van der Waals surface area contributed by atoms with Crippen molar-refractivity contribution < 1.29 is 29.6 Å². The number of carbonyl (C=O) groups excluding carboxylic acids is 1. The Balaban J connectivity index is 2.85. The standard InChI is InChI=1S/C11H19NO6/c1-11(2,3)18-10(17)12-5-4-6(13)8(14)7(12)9(15)16/h6-8,13-14H,4-5H2,1-3H3,(H,15,16)/t6-,7+,8-/m0/s1. The molecule has 0 aliphatic carbocycles. The lowest BCUT2D eigenvalue weighted by Crippen LogP contribution is -2.60. The first-order valence-corrected chi connectivity index (χ1v) is 5.72. The summed E-state index contributed by atoms with van der Waals surface area (Å²) < 4.78 is 5.07. The molecule has 7 heteroatoms. The van der Waals surface area contributed by atoms with Crippen LogP contribution in [0.25, 0.3) is 0 Å². The maximum absolute atomic E-state index is 11.8. The number of piperidine rings is 1. The Morgan fingerprint density at radius 1 is 1.28 bits per heavy atom. The molecular formula is C11H19NO6. The number of hydrogen-bond donors (Lipinski definition) is 3. The molecule has 7 nitrogen and oxygen atoms in total. The maximum Gasteiger partial charge on any atom is 0.411 e. The van der Waals surface area contributed by atoms with Crippen LogP contribution in [0.5, 0.6) is 0 Å². The van der Waals surface area contributed by atoms with Gasteiger partial charge in [-0.15, -0.1) is 0 Å². The average molecular weight is 261 g/mol. The Bertz CT molecular complexity index is 337. The Labute approximate surface area is 105 Å². The number of aliphatic hydroxyl groups is 2. The van der Waals surface area contributed by atoms with Crippen molar-refractivity contribution in [2.45, 2.75) is 51.0 Å². The summed E-state index contributed by atoms with van der Waals surface area (Å²) in [5.41, 5.74) is -0.749. The highest BCUT2D eigenvalue weighted by atomic mass is 16.6. The van der Waals surface area contributed by atoms with Crippen LogP contribution in [0.2, 0.25) is 0 Å². The SMILES string of the molecule is CC(C)(C)OC(=O)N1CC[C@H](O)[C@H](O)[C@@H]1C(=O)O. The lowest BCUT2D eigenvalue weighted by molar-refractivity contribution is -0.156. The molecule has 0 bridgehead atoms. The number of hydrogen-bond acceptors (Lipinski definition) is 5. The van der Waals surface area contributed by atoms with Crippen LogP contribution in [0, 0.1) is 0 Å². The molecule has 1 amide bonds. The largest absolute Gasteiger partial charge is 0.480 e. The molecule has 1 heterocycles. The number of carboxylic acid groups (broad SMARTS) is 1. The van der Waals surface area contributed by atoms with Crippen molar-refractivity contribution in [2.75, 3.05) is 6.54 Å². The van der Waals surface area contributed by atoms with E-state index in [1.54, 1.807) is 20.8 Å². The van der Waals surface area contributed by atoms with Gasteiger partial charge < -0.3 is 20.1 Å². The number of carboxylic acids is 1. The zero-order valence-electron chi connectivity index (χ0n) is 10.7. The first kappa shape index (κ1) is 14.7. The Hall–Kier alpha value is -1.34. The van der Waals surface area contributed by atoms with Crippen molar-refractivity contribution in [2.24, 2.45) is 0 Å². The first-order chi connectivity index (χ1) is 8.13. The summed E-state index contributed by atoms with van der Waals surface area (Å²) in [6.45, 7) is 5.02. The van der Waals surface area contributed by atoms with E-state index in [1.807, 2.05) is 0 Å². The fourth-order valence-corrected chi connectivity index (χ4v) is 1.78. The lowest BCUT2D eigenvalue weighted by atomic mass is 9.96. The number of aliphatic hydroxyl groups excluding tert-OH is 2. The number of aliphatic carboxylic acids is 1. The highest BCUT2D eigenvalue weighted by Crippen LogP contribution is 2.21. The third-order valence-corrected chi connectivity index (χ3v) is 2.60. The topological polar surface area (TPSA) is 107 Å². The number of nitrogens with zero attached hydrogens (tertiary/aromatic N) is 1. The van der Waals surface area contributed by atoms with Gasteiger partial charge >= 0.3 is 12.1 Å². The normalized spacial score (nSPS) is 28.9. The summed E-state index contributed by atoms with van der Waals surface area (Å²) in [7, 11) is 0. The third kappa shape index (κ3) is 3.33. The highest BCUT2D eigenvalue weighted by Gasteiger charge is 2.44. The van der Waals surface area contributed by atoms with Crippen LogP contribution in [0.1, 0.15) is 27.2 Å². The summed E-state index contributed by atoms with van der Waals surface area (Å²) in [4.78, 5) is 23.8. The second-order valence-electron chi connectivity index (χ2n) is 5.30. The van der Waals surface area contributed by atoms with Crippen molar-refractivity contribution in [3.8, 4) is 0 Å². The molecule has 3 N–H and O–H groups in total. The summed E-state index contributed by atoms with van der Waals surface area (Å²) in [5.74, 6) is -1.37. The van der Waals surface area contributed by atoms with Crippen molar-refractivity contribution in [3.63, 3.8) is 0 Å². The molecule has 1 saturated heterocycles. The predicted molar refractivity (Wildman–Crippen MR) is 61.0 cm³/mol. The van der Waals surface area contributed by atoms with E-state index in [2.05, 4.69) is 0 Å². The van der Waals surface area contributed by atoms with Crippen LogP contribution in [-0.2, 0) is 9.53 Å². The van der Waals surface area contributed by atoms with Gasteiger partial charge in [0.05, 0.1) is 6.10 Å². The second-order valence-corrected chi connectivity index (χ2v) is 5.30. The van der Waals surface area contributed by atoms with E-state index in [9.17, 15) is 19.8 Å². The zero-order valence-corrected chi connectivity index (χ0v) is 10.7. The molecule has 0 spiro atoms. The van der Waals surface area contributed by atoms with Crippen LogP contribution in [0.15, 0.2) is 0 Å². The van der Waals surface area contributed by atoms with E-state index in [0.717, 1.165) is 4.90 Å². The first-order valence-electron chi connectivity index (χ1n) is 5.72. The maximum atomic E-state index is 11.8. The van der Waals surface area contributed by atoms with Gasteiger partial charge in [-0.25, -0.2) is 9.59 Å². The number of carbonyl (C=O) groups is 2. The number of likely N-dealkylation sites (tertiary alicyclic amines) is 1. The van der Waals surface area contributed by atoms with Crippen molar-refractivity contribution in [1.82, 2.24) is 4.90 Å². The molecule has 0 saturated carbocycles. The quantitative estimate of drug-likeness (QED) is 0.603. The Morgan fingerprint density at radius 2 is 1.83 bits per heavy atom. The lowest BCUT2D eigenvalue weighted by Gasteiger charge is -2.39. The highest BCUT2D eigenvalue weighted by molar-refractivity contribution is 5.81. The van der Waals surface area contributed by atoms with Crippen LogP contribution < -0.4 is 0 Å². The van der Waals surface area contributed by atoms with Gasteiger partial charge in [0.25, 0.3) is 0 Å². The minimum Gasteiger partial charge on any atom is -0.480 e. The molecular weight excluding hydrogens is 242 g/mol. The fourth-order valence-electron chi connectivity index (χ4n) is 1.78. The molecule has 0 aromatic carbocycles. The Kier molecular flexibility index (Phi) is 4.18. The molecule has 18 heavy (non-hydrogen) atoms. The van der Waals surface area contributed by atoms with E-state index in [0.29, 0.717) is 0 Å². The van der Waals surface area contributed by atoms with E-state index in [1.165, 1.54) is 0 Å². The van der Waals surface area contributed by atoms with Crippen molar-refractivity contribution in [1.29, 1.82) is 0 Å². The van der Waals surface area contributed by atoms with Gasteiger partial charge in [0.15, 0.2) is 6.04 Å². The molecule has 1 aliphatic rings. The van der Waals surface area contributed by atoms with E-state index >= 15 is 0 Å². The zero-order chi connectivity index (χ0) is 14.1. The molecule has 0 radical (unpaired) electrons. The molecule has 1 rings (SSSR count). The van der Waals surface area contributed by atoms with E-state index < -0.39 is 35.9 Å². The molecule has 1 aliphatic heterocycles. The molecule has 0 aromatic rings. The number of rotatable bonds is 1. The minimum atomic E-state index is -1.51. The summed E-state index contributed by atoms with van der Waals surface area (Å²) in [6.07, 6.45) is -3.35. The van der Waals surface area contributed by atoms with Gasteiger partial charge in [-0.2, -0.15) is 0 Å². The van der Waals surface area contributed by atoms with Gasteiger partial charge in [0, 0.05) is 6.54 Å². The number of amides is 1. The molecule has 3 atom stereocenters. The van der Waals surface area contributed by atoms with Crippen LogP contribution in [0.3, 0.4) is 0 Å². The minimum absolute atomic E-state index is 0.0319. The van der Waals surface area contributed by atoms with Gasteiger partial charge in [-0.3, -0.25) is 4.90 Å². The van der Waals surface area contributed by atoms with Gasteiger partial charge in [-0.1, -0.05) is 0 Å². The average Bonchev–Trinajstić information content (AvgIpc) is 2.18. The summed E-state index contributed by atoms with van der Waals surface area (Å²) in [5, 5.41) is 28.1. The van der Waals surface area contributed by atoms with Crippen LogP contribution in [-0.4, -0.2) is 62.7 Å². The van der Waals surface area contributed by atoms with E-state index in [4.69, 9.17) is 9.84 Å².